The predicted octanol–water partition coefficient (Wildman–Crippen LogP) is 2.59. The number of nitro benzene ring substituents is 1. The van der Waals surface area contributed by atoms with Crippen LogP contribution in [0.25, 0.3) is 0 Å². The summed E-state index contributed by atoms with van der Waals surface area (Å²) in [5.41, 5.74) is 0.928. The van der Waals surface area contributed by atoms with Crippen molar-refractivity contribution < 1.29 is 9.66 Å². The smallest absolute Gasteiger partial charge is 0.311 e. The lowest BCUT2D eigenvalue weighted by Gasteiger charge is -2.13. The van der Waals surface area contributed by atoms with Crippen molar-refractivity contribution in [3.63, 3.8) is 0 Å². The van der Waals surface area contributed by atoms with Crippen LogP contribution in [-0.4, -0.2) is 29.6 Å². The molecule has 0 heterocycles. The zero-order chi connectivity index (χ0) is 13.9. The summed E-state index contributed by atoms with van der Waals surface area (Å²) in [7, 11) is 1.44. The highest BCUT2D eigenvalue weighted by molar-refractivity contribution is 8.00. The average Bonchev–Trinajstić information content (AvgIpc) is 3.19. The van der Waals surface area contributed by atoms with Gasteiger partial charge in [0.05, 0.1) is 12.0 Å². The lowest BCUT2D eigenvalue weighted by molar-refractivity contribution is -0.385. The number of benzene rings is 1. The molecule has 104 valence electrons. The second-order valence-corrected chi connectivity index (χ2v) is 6.03. The third kappa shape index (κ3) is 3.39. The minimum absolute atomic E-state index is 0.0211. The summed E-state index contributed by atoms with van der Waals surface area (Å²) >= 11 is 1.90. The van der Waals surface area contributed by atoms with Gasteiger partial charge in [0.25, 0.3) is 0 Å². The standard InChI is InChI=1S/C13H18N2O3S/c1-18-12-4-3-10(7-11(12)15(16)17)8-14-9-13(19-2)5-6-13/h3-4,7,14H,5-6,8-9H2,1-2H3. The maximum absolute atomic E-state index is 10.9. The Labute approximate surface area is 116 Å². The van der Waals surface area contributed by atoms with E-state index >= 15 is 0 Å². The van der Waals surface area contributed by atoms with Gasteiger partial charge in [0.1, 0.15) is 0 Å². The Morgan fingerprint density at radius 2 is 2.26 bits per heavy atom. The maximum atomic E-state index is 10.9. The summed E-state index contributed by atoms with van der Waals surface area (Å²) in [6.45, 7) is 1.60. The van der Waals surface area contributed by atoms with E-state index in [0.29, 0.717) is 17.0 Å². The van der Waals surface area contributed by atoms with Crippen LogP contribution >= 0.6 is 11.8 Å². The van der Waals surface area contributed by atoms with Crippen molar-refractivity contribution in [1.82, 2.24) is 5.32 Å². The lowest BCUT2D eigenvalue weighted by atomic mass is 10.2. The molecule has 1 N–H and O–H groups in total. The van der Waals surface area contributed by atoms with Gasteiger partial charge in [0, 0.05) is 23.9 Å². The average molecular weight is 282 g/mol. The van der Waals surface area contributed by atoms with E-state index < -0.39 is 4.92 Å². The van der Waals surface area contributed by atoms with Gasteiger partial charge < -0.3 is 10.1 Å². The van der Waals surface area contributed by atoms with Gasteiger partial charge in [-0.3, -0.25) is 10.1 Å². The summed E-state index contributed by atoms with van der Waals surface area (Å²) in [6, 6.07) is 5.08. The zero-order valence-electron chi connectivity index (χ0n) is 11.1. The molecule has 0 radical (unpaired) electrons. The number of ether oxygens (including phenoxy) is 1. The van der Waals surface area contributed by atoms with E-state index in [1.165, 1.54) is 20.0 Å². The Bertz CT molecular complexity index is 475. The zero-order valence-corrected chi connectivity index (χ0v) is 12.0. The number of hydrogen-bond donors (Lipinski definition) is 1. The Hall–Kier alpha value is -1.27. The van der Waals surface area contributed by atoms with Gasteiger partial charge in [0.2, 0.25) is 0 Å². The second kappa shape index (κ2) is 5.79. The van der Waals surface area contributed by atoms with E-state index in [4.69, 9.17) is 4.74 Å². The van der Waals surface area contributed by atoms with Crippen LogP contribution in [0.2, 0.25) is 0 Å². The SMILES string of the molecule is COc1ccc(CNCC2(SC)CC2)cc1[N+](=O)[O-]. The molecule has 0 aromatic heterocycles. The molecule has 1 aliphatic carbocycles. The van der Waals surface area contributed by atoms with Crippen molar-refractivity contribution in [3.8, 4) is 5.75 Å². The summed E-state index contributed by atoms with van der Waals surface area (Å²) in [5.74, 6) is 0.302. The minimum atomic E-state index is -0.410. The quantitative estimate of drug-likeness (QED) is 0.615. The fourth-order valence-corrected chi connectivity index (χ4v) is 2.77. The van der Waals surface area contributed by atoms with E-state index in [9.17, 15) is 10.1 Å². The van der Waals surface area contributed by atoms with Crippen LogP contribution in [0.5, 0.6) is 5.75 Å². The molecule has 0 atom stereocenters. The maximum Gasteiger partial charge on any atom is 0.311 e. The first-order valence-electron chi connectivity index (χ1n) is 6.17. The molecule has 6 heteroatoms. The molecule has 0 aliphatic heterocycles. The normalized spacial score (nSPS) is 16.1. The first-order chi connectivity index (χ1) is 9.10. The van der Waals surface area contributed by atoms with E-state index in [1.54, 1.807) is 12.1 Å². The number of thioether (sulfide) groups is 1. The molecule has 1 aromatic rings. The molecule has 5 nitrogen and oxygen atoms in total. The molecule has 19 heavy (non-hydrogen) atoms. The fraction of sp³-hybridized carbons (Fsp3) is 0.538. The molecule has 2 rings (SSSR count). The van der Waals surface area contributed by atoms with Gasteiger partial charge >= 0.3 is 5.69 Å². The number of nitro groups is 1. The van der Waals surface area contributed by atoms with Crippen LogP contribution in [0, 0.1) is 10.1 Å². The number of nitrogens with one attached hydrogen (secondary N) is 1. The van der Waals surface area contributed by atoms with Gasteiger partial charge in [-0.05, 0) is 30.7 Å². The highest BCUT2D eigenvalue weighted by atomic mass is 32.2. The highest BCUT2D eigenvalue weighted by Gasteiger charge is 2.41. The molecule has 0 saturated heterocycles. The van der Waals surface area contributed by atoms with Gasteiger partial charge in [-0.15, -0.1) is 0 Å². The Kier molecular flexibility index (Phi) is 4.31. The molecule has 1 aromatic carbocycles. The number of hydrogen-bond acceptors (Lipinski definition) is 5. The monoisotopic (exact) mass is 282 g/mol. The summed E-state index contributed by atoms with van der Waals surface area (Å²) in [6.07, 6.45) is 4.64. The van der Waals surface area contributed by atoms with Crippen molar-refractivity contribution in [3.05, 3.63) is 33.9 Å². The van der Waals surface area contributed by atoms with Crippen LogP contribution in [0.1, 0.15) is 18.4 Å². The van der Waals surface area contributed by atoms with Crippen molar-refractivity contribution >= 4 is 17.4 Å². The summed E-state index contributed by atoms with van der Waals surface area (Å²) < 4.78 is 5.38. The van der Waals surface area contributed by atoms with Crippen molar-refractivity contribution in [2.24, 2.45) is 0 Å². The van der Waals surface area contributed by atoms with Crippen LogP contribution in [-0.2, 0) is 6.54 Å². The van der Waals surface area contributed by atoms with Crippen molar-refractivity contribution in [2.75, 3.05) is 19.9 Å². The van der Waals surface area contributed by atoms with E-state index in [1.807, 2.05) is 17.8 Å². The van der Waals surface area contributed by atoms with Crippen LogP contribution in [0.4, 0.5) is 5.69 Å². The lowest BCUT2D eigenvalue weighted by Crippen LogP contribution is -2.25. The molecule has 1 aliphatic rings. The van der Waals surface area contributed by atoms with E-state index in [2.05, 4.69) is 11.6 Å². The van der Waals surface area contributed by atoms with Crippen LogP contribution in [0.15, 0.2) is 18.2 Å². The van der Waals surface area contributed by atoms with Gasteiger partial charge in [-0.1, -0.05) is 6.07 Å². The first-order valence-corrected chi connectivity index (χ1v) is 7.40. The topological polar surface area (TPSA) is 64.4 Å². The third-order valence-electron chi connectivity index (χ3n) is 3.46. The molecule has 0 spiro atoms. The molecule has 0 bridgehead atoms. The number of nitrogens with zero attached hydrogens (tertiary/aromatic N) is 1. The van der Waals surface area contributed by atoms with E-state index in [-0.39, 0.29) is 5.69 Å². The second-order valence-electron chi connectivity index (χ2n) is 4.75. The summed E-state index contributed by atoms with van der Waals surface area (Å²) in [5, 5.41) is 14.3. The fourth-order valence-electron chi connectivity index (χ4n) is 2.02. The van der Waals surface area contributed by atoms with Crippen LogP contribution in [0.3, 0.4) is 0 Å². The molecule has 1 fully saturated rings. The minimum Gasteiger partial charge on any atom is -0.490 e. The molecular weight excluding hydrogens is 264 g/mol. The number of methoxy groups -OCH3 is 1. The Morgan fingerprint density at radius 1 is 1.53 bits per heavy atom. The third-order valence-corrected chi connectivity index (χ3v) is 4.88. The van der Waals surface area contributed by atoms with Crippen molar-refractivity contribution in [2.45, 2.75) is 24.1 Å². The molecule has 1 saturated carbocycles. The molecule has 0 unspecified atom stereocenters. The Morgan fingerprint density at radius 3 is 2.79 bits per heavy atom. The van der Waals surface area contributed by atoms with Gasteiger partial charge in [0.15, 0.2) is 5.75 Å². The van der Waals surface area contributed by atoms with E-state index in [0.717, 1.165) is 12.1 Å². The Balaban J connectivity index is 1.97. The van der Waals surface area contributed by atoms with Crippen LogP contribution < -0.4 is 10.1 Å². The molecule has 0 amide bonds. The predicted molar refractivity (Wildman–Crippen MR) is 76.8 cm³/mol. The van der Waals surface area contributed by atoms with Crippen molar-refractivity contribution in [1.29, 1.82) is 0 Å². The van der Waals surface area contributed by atoms with Gasteiger partial charge in [-0.25, -0.2) is 0 Å². The first kappa shape index (κ1) is 14.1. The van der Waals surface area contributed by atoms with Gasteiger partial charge in [-0.2, -0.15) is 11.8 Å². The number of rotatable bonds is 7. The summed E-state index contributed by atoms with van der Waals surface area (Å²) in [4.78, 5) is 10.5. The molecular formula is C13H18N2O3S. The largest absolute Gasteiger partial charge is 0.490 e. The highest BCUT2D eigenvalue weighted by Crippen LogP contribution is 2.46.